The molecule has 1 atom stereocenters. The molecule has 1 aromatic heterocycles. The van der Waals surface area contributed by atoms with E-state index in [-0.39, 0.29) is 11.7 Å². The lowest BCUT2D eigenvalue weighted by Gasteiger charge is -2.14. The van der Waals surface area contributed by atoms with Crippen LogP contribution >= 0.6 is 0 Å². The topological polar surface area (TPSA) is 65.5 Å². The fourth-order valence-corrected chi connectivity index (χ4v) is 4.61. The van der Waals surface area contributed by atoms with Crippen LogP contribution in [-0.2, 0) is 20.7 Å². The van der Waals surface area contributed by atoms with Crippen LogP contribution in [0.5, 0.6) is 0 Å². The van der Waals surface area contributed by atoms with E-state index in [9.17, 15) is 9.59 Å². The normalized spacial score (nSPS) is 15.6. The van der Waals surface area contributed by atoms with E-state index in [4.69, 9.17) is 14.5 Å². The number of carbonyl (C=O) groups excluding carboxylic acids is 2. The number of allylic oxidation sites excluding steroid dienone is 2. The number of ether oxygens (including phenoxy) is 2. The van der Waals surface area contributed by atoms with E-state index in [1.807, 2.05) is 81.4 Å². The minimum atomic E-state index is -0.817. The molecule has 1 heterocycles. The van der Waals surface area contributed by atoms with Crippen LogP contribution in [0, 0.1) is 26.7 Å². The van der Waals surface area contributed by atoms with Gasteiger partial charge in [-0.05, 0) is 49.6 Å². The first-order valence-corrected chi connectivity index (χ1v) is 11.0. The van der Waals surface area contributed by atoms with Crippen LogP contribution in [-0.4, -0.2) is 24.0 Å². The summed E-state index contributed by atoms with van der Waals surface area (Å²) in [7, 11) is 1.26. The van der Waals surface area contributed by atoms with Gasteiger partial charge in [0.15, 0.2) is 5.78 Å². The van der Waals surface area contributed by atoms with Crippen molar-refractivity contribution >= 4 is 17.5 Å². The third-order valence-electron chi connectivity index (χ3n) is 5.96. The van der Waals surface area contributed by atoms with Crippen molar-refractivity contribution in [2.75, 3.05) is 7.11 Å². The standard InChI is InChI=1S/C28H27NO4/c1-17-13-18(2)25(19(3)14-17)26-24(33-28(31)32-4)16-21(27(26)30)15-22-11-8-12-23(29-22)20-9-6-5-7-10-20/h5-14,21H,15-16H2,1-4H3. The average Bonchev–Trinajstić information content (AvgIpc) is 3.08. The Balaban J connectivity index is 1.67. The molecular weight excluding hydrogens is 414 g/mol. The van der Waals surface area contributed by atoms with Gasteiger partial charge in [0.2, 0.25) is 0 Å². The summed E-state index contributed by atoms with van der Waals surface area (Å²) in [4.78, 5) is 30.3. The van der Waals surface area contributed by atoms with Crippen LogP contribution in [0.3, 0.4) is 0 Å². The fraction of sp³-hybridized carbons (Fsp3) is 0.250. The number of benzene rings is 2. The third kappa shape index (κ3) is 4.72. The molecule has 0 radical (unpaired) electrons. The van der Waals surface area contributed by atoms with Crippen molar-refractivity contribution in [3.63, 3.8) is 0 Å². The van der Waals surface area contributed by atoms with Crippen LogP contribution in [0.15, 0.2) is 66.4 Å². The predicted octanol–water partition coefficient (Wildman–Crippen LogP) is 6.00. The lowest BCUT2D eigenvalue weighted by atomic mass is 9.90. The van der Waals surface area contributed by atoms with E-state index in [1.165, 1.54) is 7.11 Å². The summed E-state index contributed by atoms with van der Waals surface area (Å²) in [5.74, 6) is -0.0275. The number of pyridine rings is 1. The number of aromatic nitrogens is 1. The number of rotatable bonds is 5. The highest BCUT2D eigenvalue weighted by Crippen LogP contribution is 2.40. The van der Waals surface area contributed by atoms with Crippen LogP contribution in [0.1, 0.15) is 34.4 Å². The summed E-state index contributed by atoms with van der Waals surface area (Å²) in [6.45, 7) is 5.97. The molecule has 1 aliphatic rings. The predicted molar refractivity (Wildman–Crippen MR) is 128 cm³/mol. The molecule has 0 N–H and O–H groups in total. The summed E-state index contributed by atoms with van der Waals surface area (Å²) in [5.41, 5.74) is 7.09. The summed E-state index contributed by atoms with van der Waals surface area (Å²) in [6.07, 6.45) is -0.0311. The number of nitrogens with zero attached hydrogens (tertiary/aromatic N) is 1. The highest BCUT2D eigenvalue weighted by atomic mass is 16.7. The number of hydrogen-bond donors (Lipinski definition) is 0. The van der Waals surface area contributed by atoms with E-state index in [2.05, 4.69) is 0 Å². The lowest BCUT2D eigenvalue weighted by molar-refractivity contribution is -0.116. The van der Waals surface area contributed by atoms with Gasteiger partial charge in [0.1, 0.15) is 5.76 Å². The Bertz CT molecular complexity index is 1220. The number of methoxy groups -OCH3 is 1. The molecule has 0 bridgehead atoms. The highest BCUT2D eigenvalue weighted by molar-refractivity contribution is 6.25. The quantitative estimate of drug-likeness (QED) is 0.454. The van der Waals surface area contributed by atoms with Crippen LogP contribution < -0.4 is 0 Å². The Morgan fingerprint density at radius 2 is 1.70 bits per heavy atom. The number of hydrogen-bond acceptors (Lipinski definition) is 5. The molecule has 5 heteroatoms. The molecule has 2 aromatic carbocycles. The molecule has 0 amide bonds. The summed E-state index contributed by atoms with van der Waals surface area (Å²) in [6, 6.07) is 19.9. The van der Waals surface area contributed by atoms with Gasteiger partial charge < -0.3 is 9.47 Å². The van der Waals surface area contributed by atoms with Gasteiger partial charge >= 0.3 is 6.16 Å². The maximum absolute atomic E-state index is 13.6. The maximum Gasteiger partial charge on any atom is 0.513 e. The van der Waals surface area contributed by atoms with Gasteiger partial charge in [0.25, 0.3) is 0 Å². The third-order valence-corrected chi connectivity index (χ3v) is 5.96. The van der Waals surface area contributed by atoms with Crippen molar-refractivity contribution in [2.24, 2.45) is 5.92 Å². The van der Waals surface area contributed by atoms with Crippen molar-refractivity contribution in [1.29, 1.82) is 0 Å². The van der Waals surface area contributed by atoms with Gasteiger partial charge in [0.05, 0.1) is 18.4 Å². The first-order chi connectivity index (χ1) is 15.9. The fourth-order valence-electron chi connectivity index (χ4n) is 4.61. The van der Waals surface area contributed by atoms with E-state index in [1.54, 1.807) is 0 Å². The van der Waals surface area contributed by atoms with E-state index in [0.29, 0.717) is 24.2 Å². The Morgan fingerprint density at radius 1 is 1.00 bits per heavy atom. The van der Waals surface area contributed by atoms with Gasteiger partial charge in [-0.15, -0.1) is 0 Å². The van der Waals surface area contributed by atoms with Gasteiger partial charge in [-0.25, -0.2) is 4.79 Å². The van der Waals surface area contributed by atoms with Crippen molar-refractivity contribution < 1.29 is 19.1 Å². The van der Waals surface area contributed by atoms with E-state index >= 15 is 0 Å². The monoisotopic (exact) mass is 441 g/mol. The summed E-state index contributed by atoms with van der Waals surface area (Å²) in [5, 5.41) is 0. The van der Waals surface area contributed by atoms with Gasteiger partial charge in [-0.1, -0.05) is 54.1 Å². The average molecular weight is 442 g/mol. The zero-order valence-electron chi connectivity index (χ0n) is 19.3. The minimum Gasteiger partial charge on any atom is -0.437 e. The first kappa shape index (κ1) is 22.5. The maximum atomic E-state index is 13.6. The zero-order valence-corrected chi connectivity index (χ0v) is 19.3. The number of ketones is 1. The number of carbonyl (C=O) groups is 2. The Hall–Kier alpha value is -3.73. The van der Waals surface area contributed by atoms with Crippen molar-refractivity contribution in [1.82, 2.24) is 4.98 Å². The van der Waals surface area contributed by atoms with E-state index < -0.39 is 6.16 Å². The first-order valence-electron chi connectivity index (χ1n) is 11.0. The number of aryl methyl sites for hydroxylation is 3. The highest BCUT2D eigenvalue weighted by Gasteiger charge is 2.38. The Kier molecular flexibility index (Phi) is 6.40. The Labute approximate surface area is 194 Å². The summed E-state index contributed by atoms with van der Waals surface area (Å²) < 4.78 is 10.2. The van der Waals surface area contributed by atoms with Gasteiger partial charge in [0, 0.05) is 30.0 Å². The molecule has 168 valence electrons. The second-order valence-electron chi connectivity index (χ2n) is 8.48. The summed E-state index contributed by atoms with van der Waals surface area (Å²) >= 11 is 0. The molecule has 1 unspecified atom stereocenters. The molecule has 0 aliphatic heterocycles. The smallest absolute Gasteiger partial charge is 0.437 e. The van der Waals surface area contributed by atoms with Crippen LogP contribution in [0.2, 0.25) is 0 Å². The molecule has 33 heavy (non-hydrogen) atoms. The molecule has 0 fully saturated rings. The molecule has 1 aliphatic carbocycles. The second kappa shape index (κ2) is 9.41. The van der Waals surface area contributed by atoms with Crippen LogP contribution in [0.25, 0.3) is 16.8 Å². The molecule has 0 saturated carbocycles. The van der Waals surface area contributed by atoms with Crippen LogP contribution in [0.4, 0.5) is 4.79 Å². The largest absolute Gasteiger partial charge is 0.513 e. The molecule has 3 aromatic rings. The van der Waals surface area contributed by atoms with Gasteiger partial charge in [-0.3, -0.25) is 9.78 Å². The molecule has 5 nitrogen and oxygen atoms in total. The molecule has 0 saturated heterocycles. The minimum absolute atomic E-state index is 0.0316. The lowest BCUT2D eigenvalue weighted by Crippen LogP contribution is -2.14. The molecule has 0 spiro atoms. The molecule has 4 rings (SSSR count). The number of Topliss-reactive ketones (excluding diaryl/α,β-unsaturated/α-hetero) is 1. The second-order valence-corrected chi connectivity index (χ2v) is 8.48. The van der Waals surface area contributed by atoms with E-state index in [0.717, 1.165) is 39.2 Å². The molecular formula is C28H27NO4. The van der Waals surface area contributed by atoms with Gasteiger partial charge in [-0.2, -0.15) is 0 Å². The van der Waals surface area contributed by atoms with Crippen molar-refractivity contribution in [3.8, 4) is 11.3 Å². The Morgan fingerprint density at radius 3 is 2.36 bits per heavy atom. The SMILES string of the molecule is COC(=O)OC1=C(c2c(C)cc(C)cc2C)C(=O)C(Cc2cccc(-c3ccccc3)n2)C1. The van der Waals surface area contributed by atoms with Crippen molar-refractivity contribution in [2.45, 2.75) is 33.6 Å². The zero-order chi connectivity index (χ0) is 23.5. The van der Waals surface area contributed by atoms with Crippen molar-refractivity contribution in [3.05, 3.63) is 94.4 Å².